The zero-order chi connectivity index (χ0) is 15.3. The standard InChI is InChI=1S/C15H21Cl2NO2S/c16-13-6-7-14(17)15(12-13)21(19,20)11-10-18-8-4-2-1-3-5-9-18/h6-7,12H,1-5,8-11H2. The van der Waals surface area contributed by atoms with Gasteiger partial charge in [0.05, 0.1) is 15.7 Å². The fraction of sp³-hybridized carbons (Fsp3) is 0.600. The second-order valence-corrected chi connectivity index (χ2v) is 8.42. The van der Waals surface area contributed by atoms with Gasteiger partial charge in [0, 0.05) is 11.6 Å². The van der Waals surface area contributed by atoms with E-state index < -0.39 is 9.84 Å². The summed E-state index contributed by atoms with van der Waals surface area (Å²) in [6.45, 7) is 2.53. The molecule has 1 aliphatic heterocycles. The summed E-state index contributed by atoms with van der Waals surface area (Å²) in [5, 5.41) is 0.635. The molecular weight excluding hydrogens is 329 g/mol. The fourth-order valence-electron chi connectivity index (χ4n) is 2.61. The molecule has 0 unspecified atom stereocenters. The predicted octanol–water partition coefficient (Wildman–Crippen LogP) is 4.03. The Bertz CT molecular complexity index is 567. The van der Waals surface area contributed by atoms with Crippen molar-refractivity contribution in [2.24, 2.45) is 0 Å². The van der Waals surface area contributed by atoms with Gasteiger partial charge in [-0.05, 0) is 44.1 Å². The third-order valence-electron chi connectivity index (χ3n) is 3.85. The van der Waals surface area contributed by atoms with E-state index in [0.717, 1.165) is 25.9 Å². The van der Waals surface area contributed by atoms with Crippen LogP contribution in [0.25, 0.3) is 0 Å². The molecule has 0 aromatic heterocycles. The molecule has 0 N–H and O–H groups in total. The van der Waals surface area contributed by atoms with Gasteiger partial charge in [0.2, 0.25) is 0 Å². The molecule has 0 spiro atoms. The van der Waals surface area contributed by atoms with Crippen LogP contribution in [0.3, 0.4) is 0 Å². The minimum atomic E-state index is -3.39. The SMILES string of the molecule is O=S(=O)(CCN1CCCCCCC1)c1cc(Cl)ccc1Cl. The first-order valence-electron chi connectivity index (χ1n) is 7.39. The predicted molar refractivity (Wildman–Crippen MR) is 88.0 cm³/mol. The molecule has 1 saturated heterocycles. The maximum absolute atomic E-state index is 12.4. The van der Waals surface area contributed by atoms with E-state index in [1.807, 2.05) is 0 Å². The summed E-state index contributed by atoms with van der Waals surface area (Å²) >= 11 is 11.9. The molecule has 3 nitrogen and oxygen atoms in total. The summed E-state index contributed by atoms with van der Waals surface area (Å²) in [6.07, 6.45) is 6.08. The molecule has 0 bridgehead atoms. The Kier molecular flexibility index (Phi) is 6.35. The third-order valence-corrected chi connectivity index (χ3v) is 6.26. The van der Waals surface area contributed by atoms with Crippen molar-refractivity contribution in [3.63, 3.8) is 0 Å². The zero-order valence-corrected chi connectivity index (χ0v) is 14.4. The lowest BCUT2D eigenvalue weighted by Crippen LogP contribution is -2.32. The lowest BCUT2D eigenvalue weighted by molar-refractivity contribution is 0.260. The molecule has 1 heterocycles. The van der Waals surface area contributed by atoms with Gasteiger partial charge in [-0.15, -0.1) is 0 Å². The van der Waals surface area contributed by atoms with Crippen LogP contribution in [-0.2, 0) is 9.84 Å². The molecule has 0 amide bonds. The largest absolute Gasteiger partial charge is 0.302 e. The Labute approximate surface area is 137 Å². The molecule has 2 rings (SSSR count). The highest BCUT2D eigenvalue weighted by atomic mass is 35.5. The van der Waals surface area contributed by atoms with Crippen LogP contribution in [-0.4, -0.2) is 38.7 Å². The number of hydrogen-bond donors (Lipinski definition) is 0. The average Bonchev–Trinajstić information content (AvgIpc) is 2.40. The zero-order valence-electron chi connectivity index (χ0n) is 12.0. The van der Waals surface area contributed by atoms with Crippen molar-refractivity contribution in [3.05, 3.63) is 28.2 Å². The van der Waals surface area contributed by atoms with Crippen molar-refractivity contribution in [2.75, 3.05) is 25.4 Å². The van der Waals surface area contributed by atoms with E-state index >= 15 is 0 Å². The summed E-state index contributed by atoms with van der Waals surface area (Å²) in [6, 6.07) is 4.57. The summed E-state index contributed by atoms with van der Waals surface area (Å²) in [7, 11) is -3.39. The van der Waals surface area contributed by atoms with Gasteiger partial charge < -0.3 is 4.90 Å². The summed E-state index contributed by atoms with van der Waals surface area (Å²) in [4.78, 5) is 2.39. The van der Waals surface area contributed by atoms with Crippen LogP contribution < -0.4 is 0 Å². The van der Waals surface area contributed by atoms with Gasteiger partial charge in [-0.1, -0.05) is 42.5 Å². The molecule has 0 radical (unpaired) electrons. The van der Waals surface area contributed by atoms with E-state index in [1.54, 1.807) is 6.07 Å². The lowest BCUT2D eigenvalue weighted by Gasteiger charge is -2.24. The number of benzene rings is 1. The minimum Gasteiger partial charge on any atom is -0.302 e. The first kappa shape index (κ1) is 17.1. The average molecular weight is 350 g/mol. The van der Waals surface area contributed by atoms with Crippen LogP contribution in [0.15, 0.2) is 23.1 Å². The Morgan fingerprint density at radius 1 is 1.00 bits per heavy atom. The van der Waals surface area contributed by atoms with Crippen molar-refractivity contribution in [1.29, 1.82) is 0 Å². The number of likely N-dealkylation sites (tertiary alicyclic amines) is 1. The molecule has 0 saturated carbocycles. The third kappa shape index (κ3) is 5.13. The number of halogens is 2. The molecule has 1 aliphatic rings. The van der Waals surface area contributed by atoms with E-state index in [4.69, 9.17) is 23.2 Å². The van der Waals surface area contributed by atoms with Crippen LogP contribution in [0.2, 0.25) is 10.0 Å². The van der Waals surface area contributed by atoms with E-state index in [-0.39, 0.29) is 15.7 Å². The molecule has 0 aliphatic carbocycles. The first-order chi connectivity index (χ1) is 9.99. The molecule has 1 aromatic carbocycles. The Morgan fingerprint density at radius 3 is 2.29 bits per heavy atom. The lowest BCUT2D eigenvalue weighted by atomic mass is 10.1. The van der Waals surface area contributed by atoms with Crippen LogP contribution in [0.1, 0.15) is 32.1 Å². The molecule has 21 heavy (non-hydrogen) atoms. The van der Waals surface area contributed by atoms with Gasteiger partial charge >= 0.3 is 0 Å². The Balaban J connectivity index is 2.01. The second kappa shape index (κ2) is 7.82. The summed E-state index contributed by atoms with van der Waals surface area (Å²) in [5.74, 6) is 0.0903. The van der Waals surface area contributed by atoms with Crippen molar-refractivity contribution in [3.8, 4) is 0 Å². The maximum atomic E-state index is 12.4. The summed E-state index contributed by atoms with van der Waals surface area (Å²) < 4.78 is 24.9. The Hall–Kier alpha value is -0.290. The quantitative estimate of drug-likeness (QED) is 0.823. The molecule has 1 fully saturated rings. The van der Waals surface area contributed by atoms with Gasteiger partial charge in [-0.25, -0.2) is 8.42 Å². The van der Waals surface area contributed by atoms with Gasteiger partial charge in [-0.2, -0.15) is 0 Å². The summed E-state index contributed by atoms with van der Waals surface area (Å²) in [5.41, 5.74) is 0. The van der Waals surface area contributed by atoms with Crippen molar-refractivity contribution in [1.82, 2.24) is 4.90 Å². The van der Waals surface area contributed by atoms with Crippen LogP contribution in [0.5, 0.6) is 0 Å². The molecule has 118 valence electrons. The highest BCUT2D eigenvalue weighted by Gasteiger charge is 2.20. The smallest absolute Gasteiger partial charge is 0.181 e. The van der Waals surface area contributed by atoms with E-state index in [9.17, 15) is 8.42 Å². The van der Waals surface area contributed by atoms with Crippen LogP contribution >= 0.6 is 23.2 Å². The van der Waals surface area contributed by atoms with Gasteiger partial charge in [-0.3, -0.25) is 0 Å². The second-order valence-electron chi connectivity index (χ2n) is 5.50. The molecule has 1 aromatic rings. The van der Waals surface area contributed by atoms with Gasteiger partial charge in [0.1, 0.15) is 0 Å². The van der Waals surface area contributed by atoms with E-state index in [0.29, 0.717) is 11.6 Å². The highest BCUT2D eigenvalue weighted by molar-refractivity contribution is 7.91. The van der Waals surface area contributed by atoms with Gasteiger partial charge in [0.15, 0.2) is 9.84 Å². The molecule has 6 heteroatoms. The normalized spacial score (nSPS) is 18.2. The first-order valence-corrected chi connectivity index (χ1v) is 9.80. The van der Waals surface area contributed by atoms with Crippen LogP contribution in [0, 0.1) is 0 Å². The van der Waals surface area contributed by atoms with E-state index in [1.165, 1.54) is 31.4 Å². The molecular formula is C15H21Cl2NO2S. The number of rotatable bonds is 4. The highest BCUT2D eigenvalue weighted by Crippen LogP contribution is 2.26. The topological polar surface area (TPSA) is 37.4 Å². The Morgan fingerprint density at radius 2 is 1.62 bits per heavy atom. The number of nitrogens with zero attached hydrogens (tertiary/aromatic N) is 1. The number of sulfone groups is 1. The van der Waals surface area contributed by atoms with Gasteiger partial charge in [0.25, 0.3) is 0 Å². The maximum Gasteiger partial charge on any atom is 0.181 e. The fourth-order valence-corrected chi connectivity index (χ4v) is 4.71. The van der Waals surface area contributed by atoms with Crippen LogP contribution in [0.4, 0.5) is 0 Å². The van der Waals surface area contributed by atoms with Crippen molar-refractivity contribution >= 4 is 33.0 Å². The minimum absolute atomic E-state index is 0.0903. The van der Waals surface area contributed by atoms with Crippen molar-refractivity contribution < 1.29 is 8.42 Å². The van der Waals surface area contributed by atoms with Crippen molar-refractivity contribution in [2.45, 2.75) is 37.0 Å². The molecule has 0 atom stereocenters. The number of hydrogen-bond acceptors (Lipinski definition) is 3. The van der Waals surface area contributed by atoms with E-state index in [2.05, 4.69) is 4.90 Å². The monoisotopic (exact) mass is 349 g/mol.